The molecule has 0 aliphatic heterocycles. The molecule has 0 saturated heterocycles. The predicted octanol–water partition coefficient (Wildman–Crippen LogP) is 0.109. The predicted molar refractivity (Wildman–Crippen MR) is 70.3 cm³/mol. The Balaban J connectivity index is 3.12. The van der Waals surface area contributed by atoms with Crippen LogP contribution in [0, 0.1) is 0 Å². The van der Waals surface area contributed by atoms with Gasteiger partial charge in [0, 0.05) is 0 Å². The van der Waals surface area contributed by atoms with Crippen LogP contribution >= 0.6 is 12.2 Å². The van der Waals surface area contributed by atoms with Gasteiger partial charge in [0.1, 0.15) is 10.6 Å². The molecule has 7 nitrogen and oxygen atoms in total. The van der Waals surface area contributed by atoms with Crippen LogP contribution in [0.25, 0.3) is 0 Å². The molecule has 0 bridgehead atoms. The Morgan fingerprint density at radius 2 is 2.28 bits per heavy atom. The van der Waals surface area contributed by atoms with E-state index in [1.165, 1.54) is 25.5 Å². The van der Waals surface area contributed by atoms with Crippen LogP contribution in [-0.2, 0) is 10.1 Å². The molecule has 0 aliphatic carbocycles. The summed E-state index contributed by atoms with van der Waals surface area (Å²) >= 11 is 4.53. The number of thiocarbonyl (C=S) groups is 1. The first-order valence-corrected chi connectivity index (χ1v) is 6.43. The molecule has 9 heteroatoms. The quantitative estimate of drug-likeness (QED) is 0.312. The lowest BCUT2D eigenvalue weighted by Crippen LogP contribution is -2.24. The normalized spacial score (nSPS) is 11.4. The van der Waals surface area contributed by atoms with Crippen molar-refractivity contribution in [1.29, 1.82) is 0 Å². The van der Waals surface area contributed by atoms with E-state index in [1.54, 1.807) is 6.07 Å². The Labute approximate surface area is 109 Å². The Kier molecular flexibility index (Phi) is 4.59. The molecule has 0 saturated carbocycles. The molecular weight excluding hydrogens is 278 g/mol. The first-order chi connectivity index (χ1) is 8.34. The summed E-state index contributed by atoms with van der Waals surface area (Å²) in [7, 11) is -3.07. The maximum atomic E-state index is 11.1. The Morgan fingerprint density at radius 3 is 2.78 bits per heavy atom. The average Bonchev–Trinajstić information content (AvgIpc) is 2.27. The van der Waals surface area contributed by atoms with E-state index in [2.05, 4.69) is 22.7 Å². The van der Waals surface area contributed by atoms with Gasteiger partial charge in [0.15, 0.2) is 5.11 Å². The van der Waals surface area contributed by atoms with Gasteiger partial charge < -0.3 is 10.5 Å². The van der Waals surface area contributed by atoms with Gasteiger partial charge in [-0.15, -0.1) is 0 Å². The van der Waals surface area contributed by atoms with Gasteiger partial charge in [0.05, 0.1) is 13.3 Å². The van der Waals surface area contributed by atoms with E-state index in [4.69, 9.17) is 15.0 Å². The van der Waals surface area contributed by atoms with Gasteiger partial charge in [0.2, 0.25) is 0 Å². The van der Waals surface area contributed by atoms with Crippen LogP contribution in [0.15, 0.2) is 28.2 Å². The summed E-state index contributed by atoms with van der Waals surface area (Å²) in [6.07, 6.45) is 1.30. The van der Waals surface area contributed by atoms with Crippen LogP contribution < -0.4 is 15.9 Å². The van der Waals surface area contributed by atoms with Crippen LogP contribution in [0.5, 0.6) is 5.75 Å². The van der Waals surface area contributed by atoms with Gasteiger partial charge in [-0.25, -0.2) is 0 Å². The van der Waals surface area contributed by atoms with Crippen LogP contribution in [0.1, 0.15) is 5.56 Å². The maximum absolute atomic E-state index is 11.1. The van der Waals surface area contributed by atoms with E-state index in [-0.39, 0.29) is 15.8 Å². The van der Waals surface area contributed by atoms with Crippen molar-refractivity contribution in [3.8, 4) is 5.75 Å². The molecule has 0 amide bonds. The number of hydrogen-bond donors (Lipinski definition) is 3. The highest BCUT2D eigenvalue weighted by atomic mass is 32.2. The minimum Gasteiger partial charge on any atom is -0.495 e. The van der Waals surface area contributed by atoms with Crippen molar-refractivity contribution in [3.63, 3.8) is 0 Å². The Morgan fingerprint density at radius 1 is 1.61 bits per heavy atom. The van der Waals surface area contributed by atoms with Crippen LogP contribution in [0.3, 0.4) is 0 Å². The van der Waals surface area contributed by atoms with Crippen molar-refractivity contribution >= 4 is 33.7 Å². The zero-order valence-electron chi connectivity index (χ0n) is 9.32. The number of ether oxygens (including phenoxy) is 1. The molecule has 1 aromatic rings. The summed E-state index contributed by atoms with van der Waals surface area (Å²) in [5.41, 5.74) is 7.89. The zero-order chi connectivity index (χ0) is 13.8. The molecule has 0 spiro atoms. The summed E-state index contributed by atoms with van der Waals surface area (Å²) in [4.78, 5) is -0.343. The molecule has 4 N–H and O–H groups in total. The van der Waals surface area contributed by atoms with Crippen molar-refractivity contribution in [1.82, 2.24) is 5.43 Å². The molecule has 0 aromatic heterocycles. The second-order valence-electron chi connectivity index (χ2n) is 3.12. The SMILES string of the molecule is COc1ccc(/C=N\NC(N)=S)cc1S(=O)(=O)O. The summed E-state index contributed by atoms with van der Waals surface area (Å²) in [5.74, 6) is 0.0388. The summed E-state index contributed by atoms with van der Waals surface area (Å²) < 4.78 is 36.1. The standard InChI is InChI=1S/C9H11N3O4S2/c1-16-7-3-2-6(5-11-12-9(10)17)4-8(7)18(13,14)15/h2-5H,1H3,(H3,10,12,17)(H,13,14,15)/b11-5-. The number of benzene rings is 1. The average molecular weight is 289 g/mol. The van der Waals surface area contributed by atoms with Crippen molar-refractivity contribution < 1.29 is 17.7 Å². The number of methoxy groups -OCH3 is 1. The summed E-state index contributed by atoms with van der Waals surface area (Å²) in [6, 6.07) is 4.16. The second-order valence-corrected chi connectivity index (χ2v) is 4.95. The molecular formula is C9H11N3O4S2. The molecule has 0 atom stereocenters. The number of hydrogen-bond acceptors (Lipinski definition) is 5. The molecule has 98 valence electrons. The van der Waals surface area contributed by atoms with Gasteiger partial charge in [-0.05, 0) is 36.0 Å². The third kappa shape index (κ3) is 3.95. The van der Waals surface area contributed by atoms with Gasteiger partial charge in [0.25, 0.3) is 10.1 Å². The van der Waals surface area contributed by atoms with Crippen molar-refractivity contribution in [3.05, 3.63) is 23.8 Å². The Hall–Kier alpha value is -1.71. The minimum atomic E-state index is -4.37. The molecule has 0 radical (unpaired) electrons. The topological polar surface area (TPSA) is 114 Å². The lowest BCUT2D eigenvalue weighted by molar-refractivity contribution is 0.397. The number of rotatable bonds is 4. The summed E-state index contributed by atoms with van der Waals surface area (Å²) in [5, 5.41) is 3.64. The lowest BCUT2D eigenvalue weighted by Gasteiger charge is -2.06. The van der Waals surface area contributed by atoms with E-state index in [0.717, 1.165) is 0 Å². The van der Waals surface area contributed by atoms with Crippen molar-refractivity contribution in [2.45, 2.75) is 4.90 Å². The van der Waals surface area contributed by atoms with Crippen LogP contribution in [0.4, 0.5) is 0 Å². The fourth-order valence-electron chi connectivity index (χ4n) is 1.15. The third-order valence-corrected chi connectivity index (χ3v) is 2.82. The van der Waals surface area contributed by atoms with Crippen LogP contribution in [-0.4, -0.2) is 31.4 Å². The fraction of sp³-hybridized carbons (Fsp3) is 0.111. The molecule has 18 heavy (non-hydrogen) atoms. The van der Waals surface area contributed by atoms with Gasteiger partial charge in [-0.3, -0.25) is 9.98 Å². The van der Waals surface area contributed by atoms with Crippen molar-refractivity contribution in [2.24, 2.45) is 10.8 Å². The lowest BCUT2D eigenvalue weighted by atomic mass is 10.2. The van der Waals surface area contributed by atoms with E-state index < -0.39 is 10.1 Å². The molecule has 0 heterocycles. The highest BCUT2D eigenvalue weighted by Gasteiger charge is 2.16. The van der Waals surface area contributed by atoms with Gasteiger partial charge in [-0.2, -0.15) is 13.5 Å². The number of nitrogens with zero attached hydrogens (tertiary/aromatic N) is 1. The molecule has 0 unspecified atom stereocenters. The molecule has 1 aromatic carbocycles. The number of nitrogens with one attached hydrogen (secondary N) is 1. The first-order valence-electron chi connectivity index (χ1n) is 4.58. The Bertz CT molecular complexity index is 583. The second kappa shape index (κ2) is 5.76. The molecule has 0 aliphatic rings. The largest absolute Gasteiger partial charge is 0.495 e. The minimum absolute atomic E-state index is 0.0187. The van der Waals surface area contributed by atoms with E-state index in [1.807, 2.05) is 0 Å². The smallest absolute Gasteiger partial charge is 0.298 e. The number of nitrogens with two attached hydrogens (primary N) is 1. The maximum Gasteiger partial charge on any atom is 0.298 e. The monoisotopic (exact) mass is 289 g/mol. The van der Waals surface area contributed by atoms with Gasteiger partial charge in [-0.1, -0.05) is 0 Å². The zero-order valence-corrected chi connectivity index (χ0v) is 11.0. The van der Waals surface area contributed by atoms with Crippen molar-refractivity contribution in [2.75, 3.05) is 7.11 Å². The fourth-order valence-corrected chi connectivity index (χ4v) is 1.89. The molecule has 0 fully saturated rings. The van der Waals surface area contributed by atoms with E-state index >= 15 is 0 Å². The highest BCUT2D eigenvalue weighted by Crippen LogP contribution is 2.23. The number of hydrazone groups is 1. The van der Waals surface area contributed by atoms with E-state index in [9.17, 15) is 8.42 Å². The first kappa shape index (κ1) is 14.4. The van der Waals surface area contributed by atoms with E-state index in [0.29, 0.717) is 5.56 Å². The van der Waals surface area contributed by atoms with Crippen LogP contribution in [0.2, 0.25) is 0 Å². The third-order valence-electron chi connectivity index (χ3n) is 1.85. The summed E-state index contributed by atoms with van der Waals surface area (Å²) in [6.45, 7) is 0. The highest BCUT2D eigenvalue weighted by molar-refractivity contribution is 7.86. The van der Waals surface area contributed by atoms with Gasteiger partial charge >= 0.3 is 0 Å². The molecule has 1 rings (SSSR count).